The van der Waals surface area contributed by atoms with Crippen LogP contribution in [0.1, 0.15) is 48.9 Å². The van der Waals surface area contributed by atoms with E-state index in [-0.39, 0.29) is 24.4 Å². The van der Waals surface area contributed by atoms with Crippen molar-refractivity contribution in [1.82, 2.24) is 5.32 Å². The standard InChI is InChI=1S/C21H24FNO3/c1-13(19-11-14-2-3-15(19)10-14)23-21(24)20-9-8-18(26-20)12-25-17-6-4-16(22)5-7-17/h4-9,13-15,19H,2-3,10-12H2,1H3,(H,23,24)/t13-,14-,15-,19+/m1/s1. The van der Waals surface area contributed by atoms with Crippen LogP contribution in [-0.2, 0) is 6.61 Å². The summed E-state index contributed by atoms with van der Waals surface area (Å²) in [7, 11) is 0. The second-order valence-electron chi connectivity index (χ2n) is 7.61. The van der Waals surface area contributed by atoms with Gasteiger partial charge in [-0.15, -0.1) is 0 Å². The first-order valence-electron chi connectivity index (χ1n) is 9.36. The largest absolute Gasteiger partial charge is 0.486 e. The first-order chi connectivity index (χ1) is 12.6. The van der Waals surface area contributed by atoms with E-state index in [4.69, 9.17) is 9.15 Å². The van der Waals surface area contributed by atoms with E-state index in [1.807, 2.05) is 0 Å². The van der Waals surface area contributed by atoms with Crippen molar-refractivity contribution in [2.24, 2.45) is 17.8 Å². The molecule has 1 N–H and O–H groups in total. The minimum absolute atomic E-state index is 0.168. The number of amides is 1. The van der Waals surface area contributed by atoms with Crippen LogP contribution in [0.2, 0.25) is 0 Å². The molecular weight excluding hydrogens is 333 g/mol. The number of hydrogen-bond donors (Lipinski definition) is 1. The van der Waals surface area contributed by atoms with Gasteiger partial charge in [0.1, 0.15) is 23.9 Å². The van der Waals surface area contributed by atoms with E-state index in [0.29, 0.717) is 23.2 Å². The molecule has 5 heteroatoms. The van der Waals surface area contributed by atoms with Crippen LogP contribution in [0.5, 0.6) is 5.75 Å². The number of fused-ring (bicyclic) bond motifs is 2. The molecule has 4 atom stereocenters. The van der Waals surface area contributed by atoms with Crippen molar-refractivity contribution >= 4 is 5.91 Å². The maximum absolute atomic E-state index is 12.9. The lowest BCUT2D eigenvalue weighted by Gasteiger charge is -2.28. The molecule has 1 heterocycles. The number of carbonyl (C=O) groups is 1. The molecule has 4 rings (SSSR count). The van der Waals surface area contributed by atoms with Gasteiger partial charge in [0, 0.05) is 6.04 Å². The fraction of sp³-hybridized carbons (Fsp3) is 0.476. The second-order valence-corrected chi connectivity index (χ2v) is 7.61. The summed E-state index contributed by atoms with van der Waals surface area (Å²) in [6.07, 6.45) is 5.23. The highest BCUT2D eigenvalue weighted by Crippen LogP contribution is 2.49. The fourth-order valence-corrected chi connectivity index (χ4v) is 4.55. The van der Waals surface area contributed by atoms with E-state index in [1.165, 1.54) is 37.8 Å². The maximum atomic E-state index is 12.9. The lowest BCUT2D eigenvalue weighted by atomic mass is 9.84. The van der Waals surface area contributed by atoms with Gasteiger partial charge in [-0.1, -0.05) is 6.42 Å². The van der Waals surface area contributed by atoms with Gasteiger partial charge in [0.25, 0.3) is 5.91 Å². The van der Waals surface area contributed by atoms with Gasteiger partial charge < -0.3 is 14.5 Å². The Labute approximate surface area is 152 Å². The van der Waals surface area contributed by atoms with E-state index < -0.39 is 0 Å². The normalized spacial score (nSPS) is 25.2. The van der Waals surface area contributed by atoms with Crippen LogP contribution in [0.3, 0.4) is 0 Å². The number of hydrogen-bond acceptors (Lipinski definition) is 3. The van der Waals surface area contributed by atoms with Crippen molar-refractivity contribution < 1.29 is 18.3 Å². The predicted octanol–water partition coefficient (Wildman–Crippen LogP) is 4.55. The summed E-state index contributed by atoms with van der Waals surface area (Å²) < 4.78 is 24.0. The van der Waals surface area contributed by atoms with Crippen molar-refractivity contribution in [2.75, 3.05) is 0 Å². The van der Waals surface area contributed by atoms with E-state index in [9.17, 15) is 9.18 Å². The zero-order valence-corrected chi connectivity index (χ0v) is 14.9. The number of benzene rings is 1. The van der Waals surface area contributed by atoms with Crippen LogP contribution in [0, 0.1) is 23.6 Å². The van der Waals surface area contributed by atoms with Gasteiger partial charge in [-0.2, -0.15) is 0 Å². The monoisotopic (exact) mass is 357 g/mol. The Hall–Kier alpha value is -2.30. The fourth-order valence-electron chi connectivity index (χ4n) is 4.55. The molecule has 0 spiro atoms. The van der Waals surface area contributed by atoms with Gasteiger partial charge in [0.2, 0.25) is 0 Å². The second kappa shape index (κ2) is 7.14. The first kappa shape index (κ1) is 17.1. The van der Waals surface area contributed by atoms with Crippen molar-refractivity contribution in [3.8, 4) is 5.75 Å². The molecule has 1 amide bonds. The molecule has 1 aromatic heterocycles. The molecule has 2 saturated carbocycles. The lowest BCUT2D eigenvalue weighted by molar-refractivity contribution is 0.0883. The Morgan fingerprint density at radius 1 is 1.23 bits per heavy atom. The van der Waals surface area contributed by atoms with Crippen molar-refractivity contribution in [3.63, 3.8) is 0 Å². The highest BCUT2D eigenvalue weighted by molar-refractivity contribution is 5.91. The topological polar surface area (TPSA) is 51.5 Å². The van der Waals surface area contributed by atoms with Crippen LogP contribution < -0.4 is 10.1 Å². The third kappa shape index (κ3) is 3.62. The van der Waals surface area contributed by atoms with Gasteiger partial charge in [0.05, 0.1) is 0 Å². The quantitative estimate of drug-likeness (QED) is 0.825. The van der Waals surface area contributed by atoms with Gasteiger partial charge >= 0.3 is 0 Å². The molecule has 0 unspecified atom stereocenters. The molecule has 0 aliphatic heterocycles. The molecular formula is C21H24FNO3. The van der Waals surface area contributed by atoms with Gasteiger partial charge in [-0.3, -0.25) is 4.79 Å². The number of halogens is 1. The Morgan fingerprint density at radius 2 is 2.04 bits per heavy atom. The smallest absolute Gasteiger partial charge is 0.287 e. The maximum Gasteiger partial charge on any atom is 0.287 e. The van der Waals surface area contributed by atoms with E-state index in [2.05, 4.69) is 12.2 Å². The summed E-state index contributed by atoms with van der Waals surface area (Å²) in [4.78, 5) is 12.5. The van der Waals surface area contributed by atoms with E-state index in [1.54, 1.807) is 24.3 Å². The van der Waals surface area contributed by atoms with Crippen LogP contribution in [0.4, 0.5) is 4.39 Å². The SMILES string of the molecule is C[C@@H](NC(=O)c1ccc(COc2ccc(F)cc2)o1)[C@@H]1C[C@@H]2CC[C@@H]1C2. The molecule has 138 valence electrons. The van der Waals surface area contributed by atoms with Crippen molar-refractivity contribution in [3.05, 3.63) is 53.7 Å². The van der Waals surface area contributed by atoms with Crippen molar-refractivity contribution in [1.29, 1.82) is 0 Å². The van der Waals surface area contributed by atoms with Crippen LogP contribution in [0.25, 0.3) is 0 Å². The molecule has 2 bridgehead atoms. The summed E-state index contributed by atoms with van der Waals surface area (Å²) in [5, 5.41) is 3.10. The van der Waals surface area contributed by atoms with Gasteiger partial charge in [0.15, 0.2) is 5.76 Å². The zero-order chi connectivity index (χ0) is 18.1. The summed E-state index contributed by atoms with van der Waals surface area (Å²) in [6.45, 7) is 2.30. The number of rotatable bonds is 6. The summed E-state index contributed by atoms with van der Waals surface area (Å²) in [6, 6.07) is 9.38. The average molecular weight is 357 g/mol. The molecule has 2 aromatic rings. The predicted molar refractivity (Wildman–Crippen MR) is 95.3 cm³/mol. The minimum atomic E-state index is -0.307. The lowest BCUT2D eigenvalue weighted by Crippen LogP contribution is -2.40. The zero-order valence-electron chi connectivity index (χ0n) is 14.9. The molecule has 2 aliphatic rings. The molecule has 4 nitrogen and oxygen atoms in total. The Morgan fingerprint density at radius 3 is 2.73 bits per heavy atom. The molecule has 0 saturated heterocycles. The van der Waals surface area contributed by atoms with Gasteiger partial charge in [-0.25, -0.2) is 4.39 Å². The van der Waals surface area contributed by atoms with Crippen molar-refractivity contribution in [2.45, 2.75) is 45.3 Å². The molecule has 1 aromatic carbocycles. The van der Waals surface area contributed by atoms with E-state index in [0.717, 1.165) is 11.8 Å². The third-order valence-electron chi connectivity index (χ3n) is 5.87. The summed E-state index contributed by atoms with van der Waals surface area (Å²) >= 11 is 0. The van der Waals surface area contributed by atoms with Crippen LogP contribution in [-0.4, -0.2) is 11.9 Å². The molecule has 26 heavy (non-hydrogen) atoms. The number of furan rings is 1. The highest BCUT2D eigenvalue weighted by Gasteiger charge is 2.42. The summed E-state index contributed by atoms with van der Waals surface area (Å²) in [5.41, 5.74) is 0. The van der Waals surface area contributed by atoms with Crippen LogP contribution >= 0.6 is 0 Å². The molecule has 2 aliphatic carbocycles. The molecule has 0 radical (unpaired) electrons. The van der Waals surface area contributed by atoms with Gasteiger partial charge in [-0.05, 0) is 80.3 Å². The number of carbonyl (C=O) groups excluding carboxylic acids is 1. The Balaban J connectivity index is 1.30. The number of ether oxygens (including phenoxy) is 1. The summed E-state index contributed by atoms with van der Waals surface area (Å²) in [5.74, 6) is 3.17. The number of nitrogens with one attached hydrogen (secondary N) is 1. The average Bonchev–Trinajstić information content (AvgIpc) is 3.37. The van der Waals surface area contributed by atoms with E-state index >= 15 is 0 Å². The first-order valence-corrected chi connectivity index (χ1v) is 9.36. The third-order valence-corrected chi connectivity index (χ3v) is 5.87. The minimum Gasteiger partial charge on any atom is -0.486 e. The highest BCUT2D eigenvalue weighted by atomic mass is 19.1. The Kier molecular flexibility index (Phi) is 4.70. The van der Waals surface area contributed by atoms with Crippen LogP contribution in [0.15, 0.2) is 40.8 Å². The molecule has 2 fully saturated rings. The Bertz CT molecular complexity index is 770.